The first-order chi connectivity index (χ1) is 12.8. The van der Waals surface area contributed by atoms with Crippen LogP contribution in [0.2, 0.25) is 0 Å². The third-order valence-corrected chi connectivity index (χ3v) is 6.39. The van der Waals surface area contributed by atoms with Gasteiger partial charge >= 0.3 is 0 Å². The molecule has 3 rings (SSSR count). The first kappa shape index (κ1) is 19.5. The predicted octanol–water partition coefficient (Wildman–Crippen LogP) is 2.72. The molecule has 0 unspecified atom stereocenters. The van der Waals surface area contributed by atoms with Crippen LogP contribution in [-0.2, 0) is 14.8 Å². The van der Waals surface area contributed by atoms with Crippen LogP contribution in [0.4, 0.5) is 10.1 Å². The van der Waals surface area contributed by atoms with Gasteiger partial charge in [0.05, 0.1) is 18.1 Å². The molecule has 1 N–H and O–H groups in total. The molecule has 0 spiro atoms. The first-order valence-corrected chi connectivity index (χ1v) is 9.99. The summed E-state index contributed by atoms with van der Waals surface area (Å²) in [5, 5.41) is 2.62. The Hall–Kier alpha value is -2.29. The summed E-state index contributed by atoms with van der Waals surface area (Å²) in [6.07, 6.45) is 0. The smallest absolute Gasteiger partial charge is 0.255 e. The molecule has 0 aromatic heterocycles. The third-order valence-electron chi connectivity index (χ3n) is 4.49. The minimum Gasteiger partial charge on any atom is -0.379 e. The minimum absolute atomic E-state index is 0.0511. The lowest BCUT2D eigenvalue weighted by Gasteiger charge is -2.26. The highest BCUT2D eigenvalue weighted by Gasteiger charge is 2.27. The second-order valence-electron chi connectivity index (χ2n) is 6.41. The highest BCUT2D eigenvalue weighted by molar-refractivity contribution is 7.89. The van der Waals surface area contributed by atoms with Crippen LogP contribution in [0, 0.1) is 19.7 Å². The van der Waals surface area contributed by atoms with Crippen molar-refractivity contribution in [2.45, 2.75) is 18.7 Å². The molecular weight excluding hydrogens is 371 g/mol. The second-order valence-corrected chi connectivity index (χ2v) is 8.35. The quantitative estimate of drug-likeness (QED) is 0.868. The van der Waals surface area contributed by atoms with Gasteiger partial charge in [-0.25, -0.2) is 12.8 Å². The summed E-state index contributed by atoms with van der Waals surface area (Å²) < 4.78 is 45.8. The number of hydrogen-bond donors (Lipinski definition) is 1. The third kappa shape index (κ3) is 4.18. The topological polar surface area (TPSA) is 75.7 Å². The minimum atomic E-state index is -3.71. The normalized spacial score (nSPS) is 15.5. The standard InChI is InChI=1S/C19H21FN2O4S/c1-13-4-6-16(27(24,25)22-7-9-26-10-8-22)12-17(13)19(23)21-15-5-3-14(2)18(20)11-15/h3-6,11-12H,7-10H2,1-2H3,(H,21,23). The van der Waals surface area contributed by atoms with Crippen LogP contribution in [0.1, 0.15) is 21.5 Å². The summed E-state index contributed by atoms with van der Waals surface area (Å²) in [7, 11) is -3.71. The van der Waals surface area contributed by atoms with Crippen molar-refractivity contribution in [3.63, 3.8) is 0 Å². The molecule has 144 valence electrons. The molecule has 0 saturated carbocycles. The zero-order chi connectivity index (χ0) is 19.6. The lowest BCUT2D eigenvalue weighted by atomic mass is 10.1. The van der Waals surface area contributed by atoms with Gasteiger partial charge in [0.25, 0.3) is 5.91 Å². The molecule has 1 aliphatic rings. The van der Waals surface area contributed by atoms with Crippen LogP contribution in [0.15, 0.2) is 41.3 Å². The summed E-state index contributed by atoms with van der Waals surface area (Å²) in [6, 6.07) is 8.84. The average Bonchev–Trinajstić information content (AvgIpc) is 2.65. The maximum absolute atomic E-state index is 13.7. The summed E-state index contributed by atoms with van der Waals surface area (Å²) in [5.41, 5.74) is 1.64. The highest BCUT2D eigenvalue weighted by Crippen LogP contribution is 2.22. The van der Waals surface area contributed by atoms with Crippen molar-refractivity contribution in [2.75, 3.05) is 31.6 Å². The van der Waals surface area contributed by atoms with Crippen molar-refractivity contribution in [3.05, 3.63) is 58.9 Å². The molecular formula is C19H21FN2O4S. The lowest BCUT2D eigenvalue weighted by Crippen LogP contribution is -2.40. The van der Waals surface area contributed by atoms with Crippen LogP contribution in [0.5, 0.6) is 0 Å². The summed E-state index contributed by atoms with van der Waals surface area (Å²) in [5.74, 6) is -0.914. The summed E-state index contributed by atoms with van der Waals surface area (Å²) >= 11 is 0. The summed E-state index contributed by atoms with van der Waals surface area (Å²) in [6.45, 7) is 4.59. The molecule has 0 aliphatic carbocycles. The van der Waals surface area contributed by atoms with E-state index in [1.54, 1.807) is 32.0 Å². The molecule has 8 heteroatoms. The molecule has 6 nitrogen and oxygen atoms in total. The lowest BCUT2D eigenvalue weighted by molar-refractivity contribution is 0.0730. The predicted molar refractivity (Wildman–Crippen MR) is 99.8 cm³/mol. The van der Waals surface area contributed by atoms with Crippen molar-refractivity contribution < 1.29 is 22.3 Å². The number of amides is 1. The maximum atomic E-state index is 13.7. The van der Waals surface area contributed by atoms with Gasteiger partial charge in [-0.2, -0.15) is 4.31 Å². The van der Waals surface area contributed by atoms with Gasteiger partial charge in [-0.1, -0.05) is 12.1 Å². The van der Waals surface area contributed by atoms with E-state index in [0.717, 1.165) is 0 Å². The van der Waals surface area contributed by atoms with Gasteiger partial charge in [0.15, 0.2) is 0 Å². The second kappa shape index (κ2) is 7.75. The zero-order valence-electron chi connectivity index (χ0n) is 15.2. The van der Waals surface area contributed by atoms with E-state index < -0.39 is 21.7 Å². The Balaban J connectivity index is 1.88. The fourth-order valence-corrected chi connectivity index (χ4v) is 4.25. The fourth-order valence-electron chi connectivity index (χ4n) is 2.81. The molecule has 0 radical (unpaired) electrons. The number of carbonyl (C=O) groups excluding carboxylic acids is 1. The first-order valence-electron chi connectivity index (χ1n) is 8.55. The van der Waals surface area contributed by atoms with E-state index >= 15 is 0 Å². The van der Waals surface area contributed by atoms with E-state index in [1.165, 1.54) is 22.5 Å². The molecule has 1 amide bonds. The summed E-state index contributed by atoms with van der Waals surface area (Å²) in [4.78, 5) is 12.7. The monoisotopic (exact) mass is 392 g/mol. The van der Waals surface area contributed by atoms with Crippen LogP contribution in [0.25, 0.3) is 0 Å². The molecule has 27 heavy (non-hydrogen) atoms. The van der Waals surface area contributed by atoms with Gasteiger partial charge in [-0.05, 0) is 49.2 Å². The molecule has 1 aliphatic heterocycles. The van der Waals surface area contributed by atoms with Gasteiger partial charge in [0.1, 0.15) is 5.82 Å². The number of benzene rings is 2. The highest BCUT2D eigenvalue weighted by atomic mass is 32.2. The molecule has 1 fully saturated rings. The van der Waals surface area contributed by atoms with Crippen molar-refractivity contribution in [1.82, 2.24) is 4.31 Å². The molecule has 1 heterocycles. The number of carbonyl (C=O) groups is 1. The SMILES string of the molecule is Cc1ccc(NC(=O)c2cc(S(=O)(=O)N3CCOCC3)ccc2C)cc1F. The molecule has 2 aromatic rings. The Morgan fingerprint density at radius 3 is 2.41 bits per heavy atom. The Bertz CT molecular complexity index is 970. The number of aryl methyl sites for hydroxylation is 2. The van der Waals surface area contributed by atoms with Crippen LogP contribution >= 0.6 is 0 Å². The van der Waals surface area contributed by atoms with E-state index in [9.17, 15) is 17.6 Å². The van der Waals surface area contributed by atoms with Crippen molar-refractivity contribution >= 4 is 21.6 Å². The van der Waals surface area contributed by atoms with E-state index in [-0.39, 0.29) is 23.5 Å². The molecule has 0 bridgehead atoms. The Labute approximate surface area is 158 Å². The Morgan fingerprint density at radius 1 is 1.07 bits per heavy atom. The van der Waals surface area contributed by atoms with Crippen molar-refractivity contribution in [3.8, 4) is 0 Å². The molecule has 1 saturated heterocycles. The largest absolute Gasteiger partial charge is 0.379 e. The van der Waals surface area contributed by atoms with Crippen LogP contribution in [-0.4, -0.2) is 44.9 Å². The molecule has 0 atom stereocenters. The number of rotatable bonds is 4. The van der Waals surface area contributed by atoms with E-state index in [0.29, 0.717) is 30.0 Å². The number of sulfonamides is 1. The van der Waals surface area contributed by atoms with Gasteiger partial charge in [-0.15, -0.1) is 0 Å². The number of nitrogens with one attached hydrogen (secondary N) is 1. The van der Waals surface area contributed by atoms with Gasteiger partial charge in [0.2, 0.25) is 10.0 Å². The van der Waals surface area contributed by atoms with E-state index in [4.69, 9.17) is 4.74 Å². The van der Waals surface area contributed by atoms with Crippen LogP contribution < -0.4 is 5.32 Å². The van der Waals surface area contributed by atoms with Crippen molar-refractivity contribution in [1.29, 1.82) is 0 Å². The van der Waals surface area contributed by atoms with E-state index in [2.05, 4.69) is 5.32 Å². The van der Waals surface area contributed by atoms with Crippen molar-refractivity contribution in [2.24, 2.45) is 0 Å². The Kier molecular flexibility index (Phi) is 5.59. The number of nitrogens with zero attached hydrogens (tertiary/aromatic N) is 1. The molecule has 2 aromatic carbocycles. The number of hydrogen-bond acceptors (Lipinski definition) is 4. The maximum Gasteiger partial charge on any atom is 0.255 e. The Morgan fingerprint density at radius 2 is 1.74 bits per heavy atom. The zero-order valence-corrected chi connectivity index (χ0v) is 16.0. The van der Waals surface area contributed by atoms with Crippen LogP contribution in [0.3, 0.4) is 0 Å². The number of ether oxygens (including phenoxy) is 1. The fraction of sp³-hybridized carbons (Fsp3) is 0.316. The number of anilines is 1. The van der Waals surface area contributed by atoms with Gasteiger partial charge < -0.3 is 10.1 Å². The van der Waals surface area contributed by atoms with Gasteiger partial charge in [0, 0.05) is 24.3 Å². The number of halogens is 1. The average molecular weight is 392 g/mol. The van der Waals surface area contributed by atoms with E-state index in [1.807, 2.05) is 0 Å². The van der Waals surface area contributed by atoms with Gasteiger partial charge in [-0.3, -0.25) is 4.79 Å². The number of morpholine rings is 1.